The van der Waals surface area contributed by atoms with Crippen molar-refractivity contribution in [1.29, 1.82) is 0 Å². The zero-order valence-corrected chi connectivity index (χ0v) is 11.6. The average Bonchev–Trinajstić information content (AvgIpc) is 2.49. The van der Waals surface area contributed by atoms with E-state index in [0.717, 1.165) is 25.9 Å². The minimum Gasteiger partial charge on any atom is -0.334 e. The summed E-state index contributed by atoms with van der Waals surface area (Å²) in [6.07, 6.45) is 3.40. The summed E-state index contributed by atoms with van der Waals surface area (Å²) < 4.78 is 13.7. The molecular formula is C16H21FN2O. The molecule has 0 bridgehead atoms. The van der Waals surface area contributed by atoms with Crippen LogP contribution in [0.4, 0.5) is 4.39 Å². The molecule has 3 nitrogen and oxygen atoms in total. The zero-order valence-electron chi connectivity index (χ0n) is 11.6. The van der Waals surface area contributed by atoms with Crippen LogP contribution in [0, 0.1) is 11.7 Å². The van der Waals surface area contributed by atoms with Crippen molar-refractivity contribution in [2.45, 2.75) is 19.4 Å². The molecule has 0 aromatic heterocycles. The fourth-order valence-corrected chi connectivity index (χ4v) is 2.55. The first-order chi connectivity index (χ1) is 9.72. The molecule has 0 aliphatic carbocycles. The zero-order chi connectivity index (χ0) is 14.4. The maximum absolute atomic E-state index is 13.7. The molecule has 1 aromatic carbocycles. The van der Waals surface area contributed by atoms with Crippen molar-refractivity contribution in [3.05, 3.63) is 48.3 Å². The Kier molecular flexibility index (Phi) is 5.30. The second-order valence-electron chi connectivity index (χ2n) is 5.12. The number of carbonyl (C=O) groups is 1. The number of carbonyl (C=O) groups excluding carboxylic acids is 1. The highest BCUT2D eigenvalue weighted by atomic mass is 19.1. The Labute approximate surface area is 119 Å². The summed E-state index contributed by atoms with van der Waals surface area (Å²) in [4.78, 5) is 14.2. The van der Waals surface area contributed by atoms with Gasteiger partial charge < -0.3 is 10.2 Å². The molecule has 1 aliphatic rings. The molecular weight excluding hydrogens is 255 g/mol. The Bertz CT molecular complexity index is 469. The van der Waals surface area contributed by atoms with E-state index in [0.29, 0.717) is 18.7 Å². The molecule has 0 spiro atoms. The number of piperidine rings is 1. The van der Waals surface area contributed by atoms with Crippen molar-refractivity contribution in [2.75, 3.05) is 19.6 Å². The van der Waals surface area contributed by atoms with Crippen molar-refractivity contribution in [2.24, 2.45) is 5.92 Å². The summed E-state index contributed by atoms with van der Waals surface area (Å²) in [5.74, 6) is -0.114. The van der Waals surface area contributed by atoms with Gasteiger partial charge in [0.25, 0.3) is 0 Å². The topological polar surface area (TPSA) is 32.3 Å². The Hall–Kier alpha value is -1.68. The fourth-order valence-electron chi connectivity index (χ4n) is 2.55. The number of nitrogens with zero attached hydrogens (tertiary/aromatic N) is 1. The summed E-state index contributed by atoms with van der Waals surface area (Å²) >= 11 is 0. The van der Waals surface area contributed by atoms with E-state index in [-0.39, 0.29) is 17.6 Å². The van der Waals surface area contributed by atoms with Gasteiger partial charge in [-0.2, -0.15) is 0 Å². The van der Waals surface area contributed by atoms with Crippen LogP contribution in [0.5, 0.6) is 0 Å². The number of benzene rings is 1. The maximum Gasteiger partial charge on any atom is 0.226 e. The predicted molar refractivity (Wildman–Crippen MR) is 77.6 cm³/mol. The lowest BCUT2D eigenvalue weighted by Crippen LogP contribution is -2.40. The number of rotatable bonds is 5. The van der Waals surface area contributed by atoms with E-state index >= 15 is 0 Å². The molecule has 2 rings (SSSR count). The van der Waals surface area contributed by atoms with Crippen molar-refractivity contribution < 1.29 is 9.18 Å². The molecule has 4 heteroatoms. The molecule has 20 heavy (non-hydrogen) atoms. The van der Waals surface area contributed by atoms with Gasteiger partial charge in [0.05, 0.1) is 0 Å². The molecule has 108 valence electrons. The third-order valence-corrected chi connectivity index (χ3v) is 3.67. The van der Waals surface area contributed by atoms with Gasteiger partial charge >= 0.3 is 0 Å². The minimum atomic E-state index is -0.264. The lowest BCUT2D eigenvalue weighted by atomic mass is 9.96. The highest BCUT2D eigenvalue weighted by Crippen LogP contribution is 2.18. The van der Waals surface area contributed by atoms with Crippen LogP contribution in [0.2, 0.25) is 0 Å². The van der Waals surface area contributed by atoms with Gasteiger partial charge in [0, 0.05) is 24.6 Å². The van der Waals surface area contributed by atoms with E-state index in [1.54, 1.807) is 29.2 Å². The summed E-state index contributed by atoms with van der Waals surface area (Å²) in [6.45, 7) is 6.20. The van der Waals surface area contributed by atoms with Gasteiger partial charge in [0.1, 0.15) is 5.82 Å². The van der Waals surface area contributed by atoms with Crippen LogP contribution >= 0.6 is 0 Å². The van der Waals surface area contributed by atoms with Crippen molar-refractivity contribution >= 4 is 5.91 Å². The highest BCUT2D eigenvalue weighted by molar-refractivity contribution is 5.79. The standard InChI is InChI=1S/C16H21FN2O/c1-2-11-19(12-14-5-3-4-6-15(14)17)16(20)13-7-9-18-10-8-13/h2-6,13,18H,1,7-12H2. The smallest absolute Gasteiger partial charge is 0.226 e. The Morgan fingerprint density at radius 2 is 2.10 bits per heavy atom. The number of amides is 1. The van der Waals surface area contributed by atoms with Crippen LogP contribution < -0.4 is 5.32 Å². The Morgan fingerprint density at radius 3 is 2.75 bits per heavy atom. The second-order valence-corrected chi connectivity index (χ2v) is 5.12. The lowest BCUT2D eigenvalue weighted by molar-refractivity contribution is -0.136. The number of hydrogen-bond donors (Lipinski definition) is 1. The third kappa shape index (κ3) is 3.67. The summed E-state index contributed by atoms with van der Waals surface area (Å²) in [5.41, 5.74) is 0.552. The number of halogens is 1. The molecule has 1 N–H and O–H groups in total. The Morgan fingerprint density at radius 1 is 1.40 bits per heavy atom. The van der Waals surface area contributed by atoms with Gasteiger partial charge in [0.2, 0.25) is 5.91 Å². The lowest BCUT2D eigenvalue weighted by Gasteiger charge is -2.29. The quantitative estimate of drug-likeness (QED) is 0.837. The monoisotopic (exact) mass is 276 g/mol. The number of hydrogen-bond acceptors (Lipinski definition) is 2. The molecule has 0 atom stereocenters. The summed E-state index contributed by atoms with van der Waals surface area (Å²) in [5, 5.41) is 3.25. The molecule has 1 saturated heterocycles. The van der Waals surface area contributed by atoms with Gasteiger partial charge in [0.15, 0.2) is 0 Å². The van der Waals surface area contributed by atoms with Crippen LogP contribution in [0.15, 0.2) is 36.9 Å². The van der Waals surface area contributed by atoms with Crippen molar-refractivity contribution in [3.63, 3.8) is 0 Å². The van der Waals surface area contributed by atoms with E-state index in [4.69, 9.17) is 0 Å². The maximum atomic E-state index is 13.7. The van der Waals surface area contributed by atoms with Crippen LogP contribution in [0.3, 0.4) is 0 Å². The minimum absolute atomic E-state index is 0.0444. The Balaban J connectivity index is 2.08. The van der Waals surface area contributed by atoms with Crippen molar-refractivity contribution in [3.8, 4) is 0 Å². The molecule has 0 unspecified atom stereocenters. The third-order valence-electron chi connectivity index (χ3n) is 3.67. The first-order valence-electron chi connectivity index (χ1n) is 7.06. The van der Waals surface area contributed by atoms with Gasteiger partial charge in [-0.05, 0) is 32.0 Å². The fraction of sp³-hybridized carbons (Fsp3) is 0.438. The van der Waals surface area contributed by atoms with Gasteiger partial charge in [-0.15, -0.1) is 6.58 Å². The molecule has 1 fully saturated rings. The number of nitrogens with one attached hydrogen (secondary N) is 1. The highest BCUT2D eigenvalue weighted by Gasteiger charge is 2.25. The van der Waals surface area contributed by atoms with Crippen LogP contribution in [-0.4, -0.2) is 30.4 Å². The van der Waals surface area contributed by atoms with Crippen LogP contribution in [0.25, 0.3) is 0 Å². The van der Waals surface area contributed by atoms with Gasteiger partial charge in [-0.25, -0.2) is 4.39 Å². The van der Waals surface area contributed by atoms with Gasteiger partial charge in [-0.3, -0.25) is 4.79 Å². The van der Waals surface area contributed by atoms with E-state index < -0.39 is 0 Å². The molecule has 1 aliphatic heterocycles. The van der Waals surface area contributed by atoms with Gasteiger partial charge in [-0.1, -0.05) is 24.3 Å². The predicted octanol–water partition coefficient (Wildman–Crippen LogP) is 2.34. The summed E-state index contributed by atoms with van der Waals surface area (Å²) in [6, 6.07) is 6.60. The average molecular weight is 276 g/mol. The first-order valence-corrected chi connectivity index (χ1v) is 7.06. The van der Waals surface area contributed by atoms with E-state index in [2.05, 4.69) is 11.9 Å². The first kappa shape index (κ1) is 14.7. The molecule has 0 saturated carbocycles. The largest absolute Gasteiger partial charge is 0.334 e. The molecule has 1 amide bonds. The SMILES string of the molecule is C=CCN(Cc1ccccc1F)C(=O)C1CCNCC1. The normalized spacial score (nSPS) is 15.8. The van der Waals surface area contributed by atoms with E-state index in [1.165, 1.54) is 6.07 Å². The van der Waals surface area contributed by atoms with E-state index in [9.17, 15) is 9.18 Å². The molecule has 0 radical (unpaired) electrons. The summed E-state index contributed by atoms with van der Waals surface area (Å²) in [7, 11) is 0. The van der Waals surface area contributed by atoms with E-state index in [1.807, 2.05) is 0 Å². The van der Waals surface area contributed by atoms with Crippen molar-refractivity contribution in [1.82, 2.24) is 10.2 Å². The molecule has 1 heterocycles. The second kappa shape index (κ2) is 7.20. The van der Waals surface area contributed by atoms with Crippen LogP contribution in [0.1, 0.15) is 18.4 Å². The van der Waals surface area contributed by atoms with Crippen LogP contribution in [-0.2, 0) is 11.3 Å². The molecule has 1 aromatic rings.